The summed E-state index contributed by atoms with van der Waals surface area (Å²) in [6.07, 6.45) is 3.43. The second-order valence-electron chi connectivity index (χ2n) is 2.43. The summed E-state index contributed by atoms with van der Waals surface area (Å²) >= 11 is 0. The molecule has 13 heavy (non-hydrogen) atoms. The molecule has 0 spiro atoms. The lowest BCUT2D eigenvalue weighted by atomic mass is 10.3. The number of nitrogens with zero attached hydrogens (tertiary/aromatic N) is 2. The van der Waals surface area contributed by atoms with Crippen molar-refractivity contribution >= 4 is 5.97 Å². The minimum absolute atomic E-state index is 0.0479. The third kappa shape index (κ3) is 3.06. The highest BCUT2D eigenvalue weighted by atomic mass is 16.5. The fourth-order valence-corrected chi connectivity index (χ4v) is 0.796. The molecule has 70 valence electrons. The Morgan fingerprint density at radius 3 is 2.62 bits per heavy atom. The van der Waals surface area contributed by atoms with Crippen molar-refractivity contribution in [2.45, 2.75) is 12.8 Å². The van der Waals surface area contributed by atoms with Crippen LogP contribution >= 0.6 is 0 Å². The second kappa shape index (κ2) is 4.39. The molecule has 0 unspecified atom stereocenters. The van der Waals surface area contributed by atoms with Crippen molar-refractivity contribution in [1.29, 1.82) is 0 Å². The molecule has 1 aromatic rings. The van der Waals surface area contributed by atoms with Crippen LogP contribution in [0.2, 0.25) is 0 Å². The Bertz CT molecular complexity index is 284. The summed E-state index contributed by atoms with van der Waals surface area (Å²) in [7, 11) is 1.52. The Kier molecular flexibility index (Phi) is 3.19. The summed E-state index contributed by atoms with van der Waals surface area (Å²) < 4.78 is 4.85. The molecule has 0 amide bonds. The van der Waals surface area contributed by atoms with Crippen LogP contribution in [0.1, 0.15) is 12.2 Å². The molecule has 0 aliphatic carbocycles. The molecule has 0 aliphatic rings. The van der Waals surface area contributed by atoms with Gasteiger partial charge in [0.1, 0.15) is 5.82 Å². The van der Waals surface area contributed by atoms with E-state index in [-0.39, 0.29) is 6.42 Å². The minimum Gasteiger partial charge on any atom is -0.494 e. The van der Waals surface area contributed by atoms with Crippen LogP contribution in [0.15, 0.2) is 12.4 Å². The van der Waals surface area contributed by atoms with E-state index in [4.69, 9.17) is 9.84 Å². The van der Waals surface area contributed by atoms with E-state index in [9.17, 15) is 4.79 Å². The van der Waals surface area contributed by atoms with Crippen LogP contribution in [-0.4, -0.2) is 28.2 Å². The van der Waals surface area contributed by atoms with Gasteiger partial charge in [-0.1, -0.05) is 0 Å². The molecule has 1 N–H and O–H groups in total. The average molecular weight is 182 g/mol. The predicted molar refractivity (Wildman–Crippen MR) is 44.5 cm³/mol. The molecule has 1 heterocycles. The number of carbonyl (C=O) groups is 1. The fourth-order valence-electron chi connectivity index (χ4n) is 0.796. The van der Waals surface area contributed by atoms with Crippen molar-refractivity contribution in [2.75, 3.05) is 7.11 Å². The number of aliphatic carboxylic acids is 1. The lowest BCUT2D eigenvalue weighted by Gasteiger charge is -1.99. The van der Waals surface area contributed by atoms with E-state index < -0.39 is 5.97 Å². The van der Waals surface area contributed by atoms with Gasteiger partial charge in [-0.2, -0.15) is 0 Å². The second-order valence-corrected chi connectivity index (χ2v) is 2.43. The van der Waals surface area contributed by atoms with Crippen molar-refractivity contribution in [3.63, 3.8) is 0 Å². The maximum atomic E-state index is 10.2. The number of hydrogen-bond donors (Lipinski definition) is 1. The van der Waals surface area contributed by atoms with E-state index >= 15 is 0 Å². The first-order valence-corrected chi connectivity index (χ1v) is 3.79. The number of ether oxygens (including phenoxy) is 1. The Morgan fingerprint density at radius 2 is 2.15 bits per heavy atom. The van der Waals surface area contributed by atoms with E-state index in [1.165, 1.54) is 19.5 Å². The van der Waals surface area contributed by atoms with Gasteiger partial charge in [-0.05, 0) is 0 Å². The molecule has 5 heteroatoms. The van der Waals surface area contributed by atoms with Gasteiger partial charge in [0.25, 0.3) is 0 Å². The van der Waals surface area contributed by atoms with Crippen LogP contribution < -0.4 is 4.74 Å². The van der Waals surface area contributed by atoms with Gasteiger partial charge in [0.05, 0.1) is 25.9 Å². The molecular weight excluding hydrogens is 172 g/mol. The van der Waals surface area contributed by atoms with Gasteiger partial charge in [-0.3, -0.25) is 4.79 Å². The number of hydrogen-bond acceptors (Lipinski definition) is 4. The summed E-state index contributed by atoms with van der Waals surface area (Å²) in [5.41, 5.74) is 0. The molecule has 1 aromatic heterocycles. The first-order valence-electron chi connectivity index (χ1n) is 3.79. The van der Waals surface area contributed by atoms with Crippen LogP contribution in [-0.2, 0) is 11.2 Å². The Hall–Kier alpha value is -1.65. The standard InChI is InChI=1S/C8H10N2O3/c1-13-6-4-9-7(10-5-6)2-3-8(11)12/h4-5H,2-3H2,1H3,(H,11,12). The molecule has 0 saturated heterocycles. The summed E-state index contributed by atoms with van der Waals surface area (Å²) in [5.74, 6) is 0.238. The minimum atomic E-state index is -0.848. The van der Waals surface area contributed by atoms with Gasteiger partial charge in [0, 0.05) is 6.42 Å². The topological polar surface area (TPSA) is 72.3 Å². The maximum Gasteiger partial charge on any atom is 0.303 e. The zero-order valence-electron chi connectivity index (χ0n) is 7.23. The van der Waals surface area contributed by atoms with E-state index in [2.05, 4.69) is 9.97 Å². The molecule has 0 saturated carbocycles. The quantitative estimate of drug-likeness (QED) is 0.734. The van der Waals surface area contributed by atoms with E-state index in [1.807, 2.05) is 0 Å². The summed E-state index contributed by atoms with van der Waals surface area (Å²) in [6.45, 7) is 0. The van der Waals surface area contributed by atoms with Crippen molar-refractivity contribution in [2.24, 2.45) is 0 Å². The molecule has 0 fully saturated rings. The molecule has 5 nitrogen and oxygen atoms in total. The van der Waals surface area contributed by atoms with Crippen molar-refractivity contribution in [3.8, 4) is 5.75 Å². The monoisotopic (exact) mass is 182 g/mol. The number of aromatic nitrogens is 2. The molecule has 0 atom stereocenters. The zero-order valence-corrected chi connectivity index (χ0v) is 7.23. The maximum absolute atomic E-state index is 10.2. The highest BCUT2D eigenvalue weighted by Gasteiger charge is 2.01. The lowest BCUT2D eigenvalue weighted by molar-refractivity contribution is -0.137. The smallest absolute Gasteiger partial charge is 0.303 e. The number of aryl methyl sites for hydroxylation is 1. The SMILES string of the molecule is COc1cnc(CCC(=O)O)nc1. The van der Waals surface area contributed by atoms with Crippen molar-refractivity contribution < 1.29 is 14.6 Å². The normalized spacial score (nSPS) is 9.62. The number of rotatable bonds is 4. The Labute approximate surface area is 75.4 Å². The van der Waals surface area contributed by atoms with Gasteiger partial charge in [0.15, 0.2) is 5.75 Å². The molecule has 0 aliphatic heterocycles. The van der Waals surface area contributed by atoms with E-state index in [0.717, 1.165) is 0 Å². The number of methoxy groups -OCH3 is 1. The third-order valence-corrected chi connectivity index (χ3v) is 1.48. The summed E-state index contributed by atoms with van der Waals surface area (Å²) in [4.78, 5) is 18.1. The van der Waals surface area contributed by atoms with Crippen LogP contribution in [0.4, 0.5) is 0 Å². The Balaban J connectivity index is 2.54. The highest BCUT2D eigenvalue weighted by molar-refractivity contribution is 5.66. The molecule has 0 radical (unpaired) electrons. The van der Waals surface area contributed by atoms with Crippen molar-refractivity contribution in [3.05, 3.63) is 18.2 Å². The molecule has 0 bridgehead atoms. The molecule has 1 rings (SSSR count). The molecular formula is C8H10N2O3. The average Bonchev–Trinajstić information content (AvgIpc) is 2.15. The van der Waals surface area contributed by atoms with E-state index in [0.29, 0.717) is 18.0 Å². The lowest BCUT2D eigenvalue weighted by Crippen LogP contribution is -2.01. The number of carboxylic acids is 1. The summed E-state index contributed by atoms with van der Waals surface area (Å²) in [5, 5.41) is 8.40. The number of carboxylic acid groups (broad SMARTS) is 1. The van der Waals surface area contributed by atoms with Gasteiger partial charge in [0.2, 0.25) is 0 Å². The Morgan fingerprint density at radius 1 is 1.54 bits per heavy atom. The predicted octanol–water partition coefficient (Wildman–Crippen LogP) is 0.502. The van der Waals surface area contributed by atoms with Gasteiger partial charge in [-0.25, -0.2) is 9.97 Å². The van der Waals surface area contributed by atoms with Crippen LogP contribution in [0, 0.1) is 0 Å². The third-order valence-electron chi connectivity index (χ3n) is 1.48. The molecule has 0 aromatic carbocycles. The van der Waals surface area contributed by atoms with Crippen LogP contribution in [0.5, 0.6) is 5.75 Å². The van der Waals surface area contributed by atoms with Gasteiger partial charge in [-0.15, -0.1) is 0 Å². The summed E-state index contributed by atoms with van der Waals surface area (Å²) in [6, 6.07) is 0. The fraction of sp³-hybridized carbons (Fsp3) is 0.375. The van der Waals surface area contributed by atoms with Crippen LogP contribution in [0.25, 0.3) is 0 Å². The van der Waals surface area contributed by atoms with E-state index in [1.54, 1.807) is 0 Å². The first kappa shape index (κ1) is 9.44. The highest BCUT2D eigenvalue weighted by Crippen LogP contribution is 2.05. The first-order chi connectivity index (χ1) is 6.22. The van der Waals surface area contributed by atoms with Gasteiger partial charge < -0.3 is 9.84 Å². The van der Waals surface area contributed by atoms with Gasteiger partial charge >= 0.3 is 5.97 Å². The van der Waals surface area contributed by atoms with Crippen molar-refractivity contribution in [1.82, 2.24) is 9.97 Å². The largest absolute Gasteiger partial charge is 0.494 e. The zero-order chi connectivity index (χ0) is 9.68. The van der Waals surface area contributed by atoms with Crippen LogP contribution in [0.3, 0.4) is 0 Å².